The van der Waals surface area contributed by atoms with E-state index in [1.807, 2.05) is 0 Å². The largest absolute Gasteiger partial charge is 0.493 e. The van der Waals surface area contributed by atoms with Crippen LogP contribution in [0.4, 0.5) is 23.7 Å². The van der Waals surface area contributed by atoms with Gasteiger partial charge in [-0.2, -0.15) is 13.2 Å². The number of nitrogens with one attached hydrogen (secondary N) is 2. The maximum atomic E-state index is 13.1. The third-order valence-electron chi connectivity index (χ3n) is 4.42. The second kappa shape index (κ2) is 9.80. The van der Waals surface area contributed by atoms with Crippen LogP contribution in [-0.2, 0) is 6.18 Å². The van der Waals surface area contributed by atoms with Crippen LogP contribution in [0, 0.1) is 5.92 Å². The molecule has 1 aromatic carbocycles. The SMILES string of the molecule is CCOc1ccc(NC(=O)NCCN2CCC[C@H](CO)C2)cc1C(F)(F)F. The number of nitrogens with zero attached hydrogens (tertiary/aromatic N) is 1. The topological polar surface area (TPSA) is 73.8 Å². The van der Waals surface area contributed by atoms with Crippen LogP contribution in [0.2, 0.25) is 0 Å². The first-order valence-electron chi connectivity index (χ1n) is 9.05. The zero-order valence-electron chi connectivity index (χ0n) is 15.3. The highest BCUT2D eigenvalue weighted by atomic mass is 19.4. The van der Waals surface area contributed by atoms with Gasteiger partial charge < -0.3 is 25.4 Å². The van der Waals surface area contributed by atoms with Gasteiger partial charge in [-0.3, -0.25) is 0 Å². The minimum absolute atomic E-state index is 0.0431. The Morgan fingerprint density at radius 1 is 1.41 bits per heavy atom. The fourth-order valence-electron chi connectivity index (χ4n) is 3.12. The number of hydrogen-bond donors (Lipinski definition) is 3. The number of likely N-dealkylation sites (tertiary alicyclic amines) is 1. The Kier molecular flexibility index (Phi) is 7.73. The van der Waals surface area contributed by atoms with Crippen molar-refractivity contribution in [3.63, 3.8) is 0 Å². The number of amides is 2. The molecule has 2 rings (SSSR count). The Bertz CT molecular complexity index is 626. The summed E-state index contributed by atoms with van der Waals surface area (Å²) in [5, 5.41) is 14.3. The first-order chi connectivity index (χ1) is 12.8. The molecule has 1 aliphatic heterocycles. The van der Waals surface area contributed by atoms with Crippen molar-refractivity contribution in [2.45, 2.75) is 25.9 Å². The van der Waals surface area contributed by atoms with Crippen molar-refractivity contribution in [3.8, 4) is 5.75 Å². The number of aliphatic hydroxyl groups excluding tert-OH is 1. The van der Waals surface area contributed by atoms with Crippen LogP contribution in [0.1, 0.15) is 25.3 Å². The lowest BCUT2D eigenvalue weighted by atomic mass is 9.99. The second-order valence-electron chi connectivity index (χ2n) is 6.51. The van der Waals surface area contributed by atoms with Gasteiger partial charge in [0, 0.05) is 31.9 Å². The molecule has 9 heteroatoms. The number of piperidine rings is 1. The Morgan fingerprint density at radius 3 is 2.85 bits per heavy atom. The molecule has 0 aliphatic carbocycles. The first-order valence-corrected chi connectivity index (χ1v) is 9.05. The molecule has 3 N–H and O–H groups in total. The molecule has 0 spiro atoms. The van der Waals surface area contributed by atoms with E-state index in [4.69, 9.17) is 4.74 Å². The summed E-state index contributed by atoms with van der Waals surface area (Å²) in [4.78, 5) is 14.1. The molecule has 2 amide bonds. The number of carbonyl (C=O) groups is 1. The number of carbonyl (C=O) groups excluding carboxylic acids is 1. The summed E-state index contributed by atoms with van der Waals surface area (Å²) in [6.45, 7) is 4.56. The molecule has 0 unspecified atom stereocenters. The quantitative estimate of drug-likeness (QED) is 0.670. The van der Waals surface area contributed by atoms with Gasteiger partial charge in [0.25, 0.3) is 0 Å². The molecule has 27 heavy (non-hydrogen) atoms. The molecule has 1 fully saturated rings. The van der Waals surface area contributed by atoms with Crippen molar-refractivity contribution in [3.05, 3.63) is 23.8 Å². The summed E-state index contributed by atoms with van der Waals surface area (Å²) in [6.07, 6.45) is -2.57. The van der Waals surface area contributed by atoms with Crippen molar-refractivity contribution in [1.82, 2.24) is 10.2 Å². The summed E-state index contributed by atoms with van der Waals surface area (Å²) < 4.78 is 44.4. The lowest BCUT2D eigenvalue weighted by molar-refractivity contribution is -0.138. The normalized spacial score (nSPS) is 18.2. The molecule has 1 saturated heterocycles. The number of ether oxygens (including phenoxy) is 1. The molecule has 1 atom stereocenters. The lowest BCUT2D eigenvalue weighted by Crippen LogP contribution is -2.42. The summed E-state index contributed by atoms with van der Waals surface area (Å²) in [7, 11) is 0. The van der Waals surface area contributed by atoms with E-state index in [0.29, 0.717) is 13.1 Å². The molecular weight excluding hydrogens is 363 g/mol. The predicted molar refractivity (Wildman–Crippen MR) is 95.9 cm³/mol. The van der Waals surface area contributed by atoms with Gasteiger partial charge in [-0.25, -0.2) is 4.79 Å². The second-order valence-corrected chi connectivity index (χ2v) is 6.51. The van der Waals surface area contributed by atoms with Crippen LogP contribution in [-0.4, -0.2) is 55.4 Å². The van der Waals surface area contributed by atoms with Gasteiger partial charge in [-0.15, -0.1) is 0 Å². The summed E-state index contributed by atoms with van der Waals surface area (Å²) in [6, 6.07) is 2.87. The molecular formula is C18H26F3N3O3. The van der Waals surface area contributed by atoms with E-state index in [-0.39, 0.29) is 30.6 Å². The van der Waals surface area contributed by atoms with Gasteiger partial charge in [0.1, 0.15) is 5.75 Å². The summed E-state index contributed by atoms with van der Waals surface area (Å²) in [5.41, 5.74) is -0.882. The minimum atomic E-state index is -4.57. The molecule has 1 heterocycles. The van der Waals surface area contributed by atoms with E-state index in [0.717, 1.165) is 32.0 Å². The lowest BCUT2D eigenvalue weighted by Gasteiger charge is -2.31. The highest BCUT2D eigenvalue weighted by Crippen LogP contribution is 2.37. The molecule has 0 saturated carbocycles. The highest BCUT2D eigenvalue weighted by molar-refractivity contribution is 5.89. The average molecular weight is 389 g/mol. The predicted octanol–water partition coefficient (Wildman–Crippen LogP) is 2.93. The zero-order valence-corrected chi connectivity index (χ0v) is 15.3. The Morgan fingerprint density at radius 2 is 2.19 bits per heavy atom. The zero-order chi connectivity index (χ0) is 19.9. The van der Waals surface area contributed by atoms with Crippen molar-refractivity contribution < 1.29 is 27.8 Å². The van der Waals surface area contributed by atoms with E-state index in [9.17, 15) is 23.1 Å². The number of anilines is 1. The van der Waals surface area contributed by atoms with Crippen molar-refractivity contribution in [2.75, 3.05) is 44.7 Å². The number of rotatable bonds is 7. The van der Waals surface area contributed by atoms with E-state index < -0.39 is 17.8 Å². The van der Waals surface area contributed by atoms with Gasteiger partial charge >= 0.3 is 12.2 Å². The minimum Gasteiger partial charge on any atom is -0.493 e. The third-order valence-corrected chi connectivity index (χ3v) is 4.42. The third kappa shape index (κ3) is 6.59. The monoisotopic (exact) mass is 389 g/mol. The van der Waals surface area contributed by atoms with E-state index in [1.54, 1.807) is 6.92 Å². The number of urea groups is 1. The maximum absolute atomic E-state index is 13.1. The number of halogens is 3. The van der Waals surface area contributed by atoms with Crippen LogP contribution in [0.15, 0.2) is 18.2 Å². The fourth-order valence-corrected chi connectivity index (χ4v) is 3.12. The van der Waals surface area contributed by atoms with Crippen LogP contribution in [0.3, 0.4) is 0 Å². The van der Waals surface area contributed by atoms with Crippen LogP contribution < -0.4 is 15.4 Å². The number of aliphatic hydroxyl groups is 1. The summed E-state index contributed by atoms with van der Waals surface area (Å²) in [5.74, 6) is -0.00304. The van der Waals surface area contributed by atoms with Gasteiger partial charge in [0.05, 0.1) is 12.2 Å². The number of hydrogen-bond acceptors (Lipinski definition) is 4. The van der Waals surface area contributed by atoms with Crippen LogP contribution >= 0.6 is 0 Å². The molecule has 1 aromatic rings. The Balaban J connectivity index is 1.86. The highest BCUT2D eigenvalue weighted by Gasteiger charge is 2.34. The van der Waals surface area contributed by atoms with Crippen molar-refractivity contribution >= 4 is 11.7 Å². The van der Waals surface area contributed by atoms with Gasteiger partial charge in [-0.1, -0.05) is 0 Å². The molecule has 0 radical (unpaired) electrons. The van der Waals surface area contributed by atoms with E-state index in [1.165, 1.54) is 12.1 Å². The van der Waals surface area contributed by atoms with E-state index in [2.05, 4.69) is 15.5 Å². The summed E-state index contributed by atoms with van der Waals surface area (Å²) >= 11 is 0. The smallest absolute Gasteiger partial charge is 0.420 e. The van der Waals surface area contributed by atoms with Crippen molar-refractivity contribution in [1.29, 1.82) is 0 Å². The van der Waals surface area contributed by atoms with E-state index >= 15 is 0 Å². The molecule has 0 aromatic heterocycles. The number of benzene rings is 1. The molecule has 6 nitrogen and oxygen atoms in total. The van der Waals surface area contributed by atoms with Crippen LogP contribution in [0.25, 0.3) is 0 Å². The Hall–Kier alpha value is -2.00. The Labute approximate surface area is 156 Å². The fraction of sp³-hybridized carbons (Fsp3) is 0.611. The molecule has 152 valence electrons. The molecule has 0 bridgehead atoms. The standard InChI is InChI=1S/C18H26F3N3O3/c1-2-27-16-6-5-14(10-15(16)18(19,20)21)23-17(26)22-7-9-24-8-3-4-13(11-24)12-25/h5-6,10,13,25H,2-4,7-9,11-12H2,1H3,(H2,22,23,26)/t13-/m0/s1. The first kappa shape index (κ1) is 21.3. The number of alkyl halides is 3. The average Bonchev–Trinajstić information content (AvgIpc) is 2.62. The van der Waals surface area contributed by atoms with Gasteiger partial charge in [0.15, 0.2) is 0 Å². The molecule has 1 aliphatic rings. The van der Waals surface area contributed by atoms with Gasteiger partial charge in [0.2, 0.25) is 0 Å². The van der Waals surface area contributed by atoms with Crippen LogP contribution in [0.5, 0.6) is 5.75 Å². The van der Waals surface area contributed by atoms with Crippen molar-refractivity contribution in [2.24, 2.45) is 5.92 Å². The maximum Gasteiger partial charge on any atom is 0.420 e. The van der Waals surface area contributed by atoms with Gasteiger partial charge in [-0.05, 0) is 50.4 Å².